The van der Waals surface area contributed by atoms with Crippen molar-refractivity contribution >= 4 is 5.97 Å². The minimum Gasteiger partial charge on any atom is -0.462 e. The summed E-state index contributed by atoms with van der Waals surface area (Å²) in [6.07, 6.45) is 35.7. The van der Waals surface area contributed by atoms with Gasteiger partial charge in [-0.15, -0.1) is 0 Å². The number of ether oxygens (including phenoxy) is 1. The molecule has 0 bridgehead atoms. The van der Waals surface area contributed by atoms with E-state index in [0.29, 0.717) is 6.42 Å². The Bertz CT molecular complexity index is 512. The van der Waals surface area contributed by atoms with Crippen molar-refractivity contribution in [3.63, 3.8) is 0 Å². The van der Waals surface area contributed by atoms with Crippen LogP contribution in [0.1, 0.15) is 201 Å². The molecule has 4 nitrogen and oxygen atoms in total. The highest BCUT2D eigenvalue weighted by Gasteiger charge is 2.12. The number of hydrogen-bond acceptors (Lipinski definition) is 4. The molecule has 0 spiro atoms. The second kappa shape index (κ2) is 33.9. The molecule has 0 aromatic heterocycles. The second-order valence-corrected chi connectivity index (χ2v) is 12.8. The lowest BCUT2D eigenvalue weighted by Gasteiger charge is -2.21. The SMILES string of the molecule is CCCCCCCCCCCCCCCCN(CCO)CCCCCCCCCC(=O)OC(CC)CCCCCC. The molecule has 1 atom stereocenters. The van der Waals surface area contributed by atoms with E-state index in [1.165, 1.54) is 148 Å². The van der Waals surface area contributed by atoms with E-state index in [1.54, 1.807) is 0 Å². The molecule has 41 heavy (non-hydrogen) atoms. The number of nitrogens with zero attached hydrogens (tertiary/aromatic N) is 1. The van der Waals surface area contributed by atoms with Gasteiger partial charge in [0.15, 0.2) is 0 Å². The van der Waals surface area contributed by atoms with Crippen LogP contribution in [-0.4, -0.2) is 48.3 Å². The molecule has 0 heterocycles. The third kappa shape index (κ3) is 30.6. The summed E-state index contributed by atoms with van der Waals surface area (Å²) in [7, 11) is 0. The van der Waals surface area contributed by atoms with E-state index < -0.39 is 0 Å². The Morgan fingerprint density at radius 2 is 0.927 bits per heavy atom. The molecule has 0 aliphatic heterocycles. The van der Waals surface area contributed by atoms with Gasteiger partial charge in [0.2, 0.25) is 0 Å². The molecule has 0 radical (unpaired) electrons. The maximum atomic E-state index is 12.2. The molecule has 1 N–H and O–H groups in total. The molecule has 0 fully saturated rings. The number of unbranched alkanes of at least 4 members (excludes halogenated alkanes) is 22. The maximum Gasteiger partial charge on any atom is 0.306 e. The van der Waals surface area contributed by atoms with E-state index >= 15 is 0 Å². The quantitative estimate of drug-likeness (QED) is 0.0606. The number of carbonyl (C=O) groups is 1. The van der Waals surface area contributed by atoms with Crippen molar-refractivity contribution in [1.82, 2.24) is 4.90 Å². The van der Waals surface area contributed by atoms with Gasteiger partial charge in [-0.2, -0.15) is 0 Å². The highest BCUT2D eigenvalue weighted by Crippen LogP contribution is 2.15. The summed E-state index contributed by atoms with van der Waals surface area (Å²) in [4.78, 5) is 14.6. The predicted octanol–water partition coefficient (Wildman–Crippen LogP) is 11.2. The third-order valence-corrected chi connectivity index (χ3v) is 8.73. The fourth-order valence-corrected chi connectivity index (χ4v) is 5.89. The molecule has 0 saturated heterocycles. The molecule has 246 valence electrons. The Hall–Kier alpha value is -0.610. The molecule has 4 heteroatoms. The summed E-state index contributed by atoms with van der Waals surface area (Å²) in [6, 6.07) is 0. The van der Waals surface area contributed by atoms with Crippen LogP contribution in [0.5, 0.6) is 0 Å². The van der Waals surface area contributed by atoms with Gasteiger partial charge >= 0.3 is 5.97 Å². The van der Waals surface area contributed by atoms with Gasteiger partial charge < -0.3 is 14.7 Å². The van der Waals surface area contributed by atoms with Crippen LogP contribution < -0.4 is 0 Å². The first kappa shape index (κ1) is 40.4. The van der Waals surface area contributed by atoms with Crippen molar-refractivity contribution in [3.05, 3.63) is 0 Å². The zero-order valence-electron chi connectivity index (χ0n) is 28.4. The largest absolute Gasteiger partial charge is 0.462 e. The lowest BCUT2D eigenvalue weighted by atomic mass is 10.0. The number of aliphatic hydroxyl groups excluding tert-OH is 1. The Morgan fingerprint density at radius 3 is 1.34 bits per heavy atom. The number of aliphatic hydroxyl groups is 1. The number of esters is 1. The van der Waals surface area contributed by atoms with Crippen LogP contribution in [0, 0.1) is 0 Å². The Balaban J connectivity index is 3.57. The topological polar surface area (TPSA) is 49.8 Å². The van der Waals surface area contributed by atoms with Crippen LogP contribution in [0.2, 0.25) is 0 Å². The van der Waals surface area contributed by atoms with Crippen LogP contribution in [0.4, 0.5) is 0 Å². The zero-order chi connectivity index (χ0) is 30.1. The normalized spacial score (nSPS) is 12.3. The van der Waals surface area contributed by atoms with Crippen LogP contribution >= 0.6 is 0 Å². The van der Waals surface area contributed by atoms with Gasteiger partial charge in [-0.3, -0.25) is 4.79 Å². The van der Waals surface area contributed by atoms with Crippen LogP contribution in [0.3, 0.4) is 0 Å². The minimum absolute atomic E-state index is 0.00937. The van der Waals surface area contributed by atoms with Gasteiger partial charge in [-0.25, -0.2) is 0 Å². The Morgan fingerprint density at radius 1 is 0.537 bits per heavy atom. The van der Waals surface area contributed by atoms with Gasteiger partial charge in [-0.05, 0) is 51.6 Å². The Kier molecular flexibility index (Phi) is 33.4. The maximum absolute atomic E-state index is 12.2. The lowest BCUT2D eigenvalue weighted by Crippen LogP contribution is -2.29. The van der Waals surface area contributed by atoms with Crippen molar-refractivity contribution in [2.24, 2.45) is 0 Å². The smallest absolute Gasteiger partial charge is 0.306 e. The van der Waals surface area contributed by atoms with Crippen LogP contribution in [0.15, 0.2) is 0 Å². The summed E-state index contributed by atoms with van der Waals surface area (Å²) in [5.74, 6) is 0.00937. The molecule has 0 amide bonds. The molecule has 0 aromatic carbocycles. The average Bonchev–Trinajstić information content (AvgIpc) is 2.97. The summed E-state index contributed by atoms with van der Waals surface area (Å²) < 4.78 is 5.70. The lowest BCUT2D eigenvalue weighted by molar-refractivity contribution is -0.149. The fourth-order valence-electron chi connectivity index (χ4n) is 5.89. The summed E-state index contributed by atoms with van der Waals surface area (Å²) in [5.41, 5.74) is 0. The minimum atomic E-state index is 0.00937. The highest BCUT2D eigenvalue weighted by atomic mass is 16.5. The number of rotatable bonds is 34. The number of hydrogen-bond donors (Lipinski definition) is 1. The summed E-state index contributed by atoms with van der Waals surface area (Å²) in [6.45, 7) is 10.0. The molecular weight excluding hydrogens is 506 g/mol. The highest BCUT2D eigenvalue weighted by molar-refractivity contribution is 5.69. The van der Waals surface area contributed by atoms with Gasteiger partial charge in [0.1, 0.15) is 6.10 Å². The van der Waals surface area contributed by atoms with Crippen molar-refractivity contribution in [2.45, 2.75) is 207 Å². The van der Waals surface area contributed by atoms with Crippen LogP contribution in [0.25, 0.3) is 0 Å². The zero-order valence-corrected chi connectivity index (χ0v) is 28.4. The second-order valence-electron chi connectivity index (χ2n) is 12.8. The molecular formula is C37H75NO3. The standard InChI is InChI=1S/C37H75NO3/c1-4-7-9-11-12-13-14-15-16-17-18-21-24-28-32-38(34-35-39)33-29-25-22-19-20-23-27-31-37(40)41-36(6-3)30-26-10-8-5-2/h36,39H,4-35H2,1-3H3. The van der Waals surface area contributed by atoms with Gasteiger partial charge in [0.25, 0.3) is 0 Å². The molecule has 1 unspecified atom stereocenters. The van der Waals surface area contributed by atoms with Crippen molar-refractivity contribution in [3.8, 4) is 0 Å². The van der Waals surface area contributed by atoms with Crippen LogP contribution in [-0.2, 0) is 9.53 Å². The molecule has 0 aliphatic rings. The molecule has 0 aromatic rings. The molecule has 0 saturated carbocycles. The monoisotopic (exact) mass is 582 g/mol. The molecule has 0 aliphatic carbocycles. The van der Waals surface area contributed by atoms with Crippen molar-refractivity contribution < 1.29 is 14.6 Å². The first-order valence-electron chi connectivity index (χ1n) is 18.7. The Labute approximate surface area is 258 Å². The van der Waals surface area contributed by atoms with Gasteiger partial charge in [-0.1, -0.05) is 156 Å². The van der Waals surface area contributed by atoms with Crippen molar-refractivity contribution in [1.29, 1.82) is 0 Å². The van der Waals surface area contributed by atoms with E-state index in [9.17, 15) is 9.90 Å². The predicted molar refractivity (Wildman–Crippen MR) is 180 cm³/mol. The summed E-state index contributed by atoms with van der Waals surface area (Å²) >= 11 is 0. The van der Waals surface area contributed by atoms with E-state index in [1.807, 2.05) is 0 Å². The van der Waals surface area contributed by atoms with Gasteiger partial charge in [0, 0.05) is 13.0 Å². The van der Waals surface area contributed by atoms with Crippen molar-refractivity contribution in [2.75, 3.05) is 26.2 Å². The van der Waals surface area contributed by atoms with E-state index in [4.69, 9.17) is 4.74 Å². The molecule has 0 rings (SSSR count). The summed E-state index contributed by atoms with van der Waals surface area (Å²) in [5, 5.41) is 9.46. The van der Waals surface area contributed by atoms with E-state index in [-0.39, 0.29) is 18.7 Å². The number of carbonyl (C=O) groups excluding carboxylic acids is 1. The third-order valence-electron chi connectivity index (χ3n) is 8.73. The van der Waals surface area contributed by atoms with Gasteiger partial charge in [0.05, 0.1) is 6.61 Å². The first-order chi connectivity index (χ1) is 20.2. The average molecular weight is 582 g/mol. The van der Waals surface area contributed by atoms with E-state index in [0.717, 1.165) is 45.3 Å². The first-order valence-corrected chi connectivity index (χ1v) is 18.7. The van der Waals surface area contributed by atoms with E-state index in [2.05, 4.69) is 25.7 Å². The fraction of sp³-hybridized carbons (Fsp3) is 0.973.